The summed E-state index contributed by atoms with van der Waals surface area (Å²) < 4.78 is 2.37. The molecule has 3 nitrogen and oxygen atoms in total. The number of hydrogen-bond acceptors (Lipinski definition) is 2. The third kappa shape index (κ3) is 5.23. The van der Waals surface area contributed by atoms with Crippen molar-refractivity contribution in [3.8, 4) is 0 Å². The van der Waals surface area contributed by atoms with Crippen LogP contribution in [0.1, 0.15) is 33.4 Å². The van der Waals surface area contributed by atoms with Crippen LogP contribution in [0.2, 0.25) is 0 Å². The lowest BCUT2D eigenvalue weighted by Gasteiger charge is -2.19. The molecule has 1 N–H and O–H groups in total. The number of nitrogens with one attached hydrogen (secondary N) is 1. The summed E-state index contributed by atoms with van der Waals surface area (Å²) in [5.41, 5.74) is 1.39. The Labute approximate surface area is 112 Å². The van der Waals surface area contributed by atoms with Crippen LogP contribution >= 0.6 is 0 Å². The van der Waals surface area contributed by atoms with Gasteiger partial charge in [0.25, 0.3) is 0 Å². The number of likely N-dealkylation sites (N-methyl/N-ethyl adjacent to an activating group) is 1. The van der Waals surface area contributed by atoms with Gasteiger partial charge in [0.1, 0.15) is 0 Å². The van der Waals surface area contributed by atoms with E-state index < -0.39 is 0 Å². The minimum Gasteiger partial charge on any atom is -0.349 e. The summed E-state index contributed by atoms with van der Waals surface area (Å²) in [6, 6.07) is 4.37. The molecule has 0 atom stereocenters. The van der Waals surface area contributed by atoms with Crippen molar-refractivity contribution in [3.63, 3.8) is 0 Å². The van der Waals surface area contributed by atoms with Crippen LogP contribution in [0.5, 0.6) is 0 Å². The van der Waals surface area contributed by atoms with Crippen molar-refractivity contribution in [2.45, 2.75) is 40.8 Å². The van der Waals surface area contributed by atoms with E-state index in [0.29, 0.717) is 5.92 Å². The summed E-state index contributed by atoms with van der Waals surface area (Å²) in [4.78, 5) is 2.46. The van der Waals surface area contributed by atoms with E-state index in [4.69, 9.17) is 0 Å². The Bertz CT molecular complexity index is 313. The first-order valence-corrected chi connectivity index (χ1v) is 7.24. The summed E-state index contributed by atoms with van der Waals surface area (Å²) in [6.45, 7) is 15.5. The fourth-order valence-electron chi connectivity index (χ4n) is 2.11. The Morgan fingerprint density at radius 2 is 2.00 bits per heavy atom. The van der Waals surface area contributed by atoms with Gasteiger partial charge in [0.15, 0.2) is 0 Å². The van der Waals surface area contributed by atoms with Gasteiger partial charge in [0.05, 0.1) is 0 Å². The minimum atomic E-state index is 0.712. The Morgan fingerprint density at radius 1 is 1.28 bits per heavy atom. The highest BCUT2D eigenvalue weighted by atomic mass is 15.1. The average molecular weight is 251 g/mol. The molecule has 3 heteroatoms. The zero-order chi connectivity index (χ0) is 13.4. The molecule has 0 aliphatic carbocycles. The van der Waals surface area contributed by atoms with Crippen LogP contribution < -0.4 is 5.32 Å². The van der Waals surface area contributed by atoms with E-state index in [1.165, 1.54) is 5.69 Å². The summed E-state index contributed by atoms with van der Waals surface area (Å²) in [5, 5.41) is 3.51. The lowest BCUT2D eigenvalue weighted by Crippen LogP contribution is -2.28. The van der Waals surface area contributed by atoms with Crippen LogP contribution in [0.25, 0.3) is 0 Å². The largest absolute Gasteiger partial charge is 0.349 e. The molecule has 0 unspecified atom stereocenters. The monoisotopic (exact) mass is 251 g/mol. The van der Waals surface area contributed by atoms with Gasteiger partial charge in [-0.25, -0.2) is 0 Å². The first kappa shape index (κ1) is 15.3. The minimum absolute atomic E-state index is 0.712. The molecule has 1 aromatic rings. The molecule has 1 rings (SSSR count). The van der Waals surface area contributed by atoms with Gasteiger partial charge in [-0.3, -0.25) is 0 Å². The third-order valence-electron chi connectivity index (χ3n) is 3.33. The second-order valence-corrected chi connectivity index (χ2v) is 5.24. The zero-order valence-electron chi connectivity index (χ0n) is 12.4. The highest BCUT2D eigenvalue weighted by Crippen LogP contribution is 2.03. The summed E-state index contributed by atoms with van der Waals surface area (Å²) >= 11 is 0. The predicted octanol–water partition coefficient (Wildman–Crippen LogP) is 2.58. The molecular weight excluding hydrogens is 222 g/mol. The van der Waals surface area contributed by atoms with E-state index in [0.717, 1.165) is 39.3 Å². The zero-order valence-corrected chi connectivity index (χ0v) is 12.4. The Hall–Kier alpha value is -0.800. The van der Waals surface area contributed by atoms with Gasteiger partial charge in [0, 0.05) is 31.5 Å². The van der Waals surface area contributed by atoms with Crippen molar-refractivity contribution < 1.29 is 0 Å². The predicted molar refractivity (Wildman–Crippen MR) is 78.8 cm³/mol. The molecule has 0 fully saturated rings. The molecule has 0 bridgehead atoms. The van der Waals surface area contributed by atoms with E-state index >= 15 is 0 Å². The molecule has 0 aliphatic heterocycles. The molecule has 0 amide bonds. The molecule has 104 valence electrons. The van der Waals surface area contributed by atoms with Crippen molar-refractivity contribution in [2.75, 3.05) is 26.2 Å². The third-order valence-corrected chi connectivity index (χ3v) is 3.33. The van der Waals surface area contributed by atoms with Gasteiger partial charge in [-0.2, -0.15) is 0 Å². The smallest absolute Gasteiger partial charge is 0.0359 e. The van der Waals surface area contributed by atoms with Gasteiger partial charge in [-0.1, -0.05) is 27.7 Å². The lowest BCUT2D eigenvalue weighted by atomic mass is 10.2. The van der Waals surface area contributed by atoms with Crippen LogP contribution in [0.15, 0.2) is 18.3 Å². The maximum Gasteiger partial charge on any atom is 0.0359 e. The number of hydrogen-bond donors (Lipinski definition) is 1. The first-order valence-electron chi connectivity index (χ1n) is 7.24. The molecule has 0 spiro atoms. The Kier molecular flexibility index (Phi) is 7.06. The highest BCUT2D eigenvalue weighted by molar-refractivity contribution is 5.06. The van der Waals surface area contributed by atoms with Gasteiger partial charge in [-0.05, 0) is 37.7 Å². The first-order chi connectivity index (χ1) is 8.67. The maximum absolute atomic E-state index is 3.51. The number of aromatic nitrogens is 1. The van der Waals surface area contributed by atoms with Crippen LogP contribution in [-0.4, -0.2) is 35.6 Å². The summed E-state index contributed by atoms with van der Waals surface area (Å²) in [7, 11) is 0. The van der Waals surface area contributed by atoms with Crippen molar-refractivity contribution in [3.05, 3.63) is 24.0 Å². The number of nitrogens with zero attached hydrogens (tertiary/aromatic N) is 2. The van der Waals surface area contributed by atoms with Crippen molar-refractivity contribution in [2.24, 2.45) is 5.92 Å². The second kappa shape index (κ2) is 8.33. The van der Waals surface area contributed by atoms with E-state index in [2.05, 4.69) is 60.8 Å². The molecule has 0 saturated carbocycles. The van der Waals surface area contributed by atoms with Crippen LogP contribution in [0.3, 0.4) is 0 Å². The fraction of sp³-hybridized carbons (Fsp3) is 0.733. The van der Waals surface area contributed by atoms with E-state index in [9.17, 15) is 0 Å². The standard InChI is InChI=1S/C15H29N3/c1-5-17(6-2)10-11-18-9-7-8-15(18)13-16-12-14(3)4/h7-9,14,16H,5-6,10-13H2,1-4H3. The van der Waals surface area contributed by atoms with Gasteiger partial charge >= 0.3 is 0 Å². The van der Waals surface area contributed by atoms with E-state index in [1.807, 2.05) is 0 Å². The molecule has 0 saturated heterocycles. The van der Waals surface area contributed by atoms with Crippen LogP contribution in [0, 0.1) is 5.92 Å². The van der Waals surface area contributed by atoms with E-state index in [-0.39, 0.29) is 0 Å². The SMILES string of the molecule is CCN(CC)CCn1cccc1CNCC(C)C. The molecule has 1 aromatic heterocycles. The lowest BCUT2D eigenvalue weighted by molar-refractivity contribution is 0.289. The van der Waals surface area contributed by atoms with Gasteiger partial charge in [-0.15, -0.1) is 0 Å². The molecule has 0 aliphatic rings. The molecule has 1 heterocycles. The molecular formula is C15H29N3. The van der Waals surface area contributed by atoms with Crippen molar-refractivity contribution in [1.82, 2.24) is 14.8 Å². The fourth-order valence-corrected chi connectivity index (χ4v) is 2.11. The van der Waals surface area contributed by atoms with Crippen LogP contribution in [-0.2, 0) is 13.1 Å². The summed E-state index contributed by atoms with van der Waals surface area (Å²) in [6.07, 6.45) is 2.19. The highest BCUT2D eigenvalue weighted by Gasteiger charge is 2.03. The molecule has 18 heavy (non-hydrogen) atoms. The van der Waals surface area contributed by atoms with Gasteiger partial charge < -0.3 is 14.8 Å². The molecule has 0 aromatic carbocycles. The maximum atomic E-state index is 3.51. The van der Waals surface area contributed by atoms with Crippen molar-refractivity contribution >= 4 is 0 Å². The Balaban J connectivity index is 2.39. The topological polar surface area (TPSA) is 20.2 Å². The Morgan fingerprint density at radius 3 is 2.61 bits per heavy atom. The molecule has 0 radical (unpaired) electrons. The van der Waals surface area contributed by atoms with E-state index in [1.54, 1.807) is 0 Å². The van der Waals surface area contributed by atoms with Crippen molar-refractivity contribution in [1.29, 1.82) is 0 Å². The van der Waals surface area contributed by atoms with Gasteiger partial charge in [0.2, 0.25) is 0 Å². The number of rotatable bonds is 9. The quantitative estimate of drug-likeness (QED) is 0.728. The average Bonchev–Trinajstić information content (AvgIpc) is 2.78. The normalized spacial score (nSPS) is 11.7. The second-order valence-electron chi connectivity index (χ2n) is 5.24. The van der Waals surface area contributed by atoms with Crippen LogP contribution in [0.4, 0.5) is 0 Å². The summed E-state index contributed by atoms with van der Waals surface area (Å²) in [5.74, 6) is 0.712.